The van der Waals surface area contributed by atoms with Crippen LogP contribution in [0.3, 0.4) is 0 Å². The quantitative estimate of drug-likeness (QED) is 0.880. The number of rotatable bonds is 4. The van der Waals surface area contributed by atoms with E-state index in [4.69, 9.17) is 5.11 Å². The van der Waals surface area contributed by atoms with Crippen LogP contribution in [0.1, 0.15) is 34.3 Å². The van der Waals surface area contributed by atoms with Crippen LogP contribution in [0, 0.1) is 0 Å². The van der Waals surface area contributed by atoms with Crippen molar-refractivity contribution in [1.82, 2.24) is 10.2 Å². The average Bonchev–Trinajstić information content (AvgIpc) is 2.67. The lowest BCUT2D eigenvalue weighted by atomic mass is 9.86. The summed E-state index contributed by atoms with van der Waals surface area (Å²) >= 11 is 0. The number of carbonyl (C=O) groups is 2. The van der Waals surface area contributed by atoms with Crippen molar-refractivity contribution in [2.24, 2.45) is 0 Å². The minimum absolute atomic E-state index is 0.205. The molecule has 0 atom stereocenters. The largest absolute Gasteiger partial charge is 0.478 e. The van der Waals surface area contributed by atoms with E-state index in [1.54, 1.807) is 29.2 Å². The smallest absolute Gasteiger partial charge is 0.335 e. The van der Waals surface area contributed by atoms with E-state index in [9.17, 15) is 9.59 Å². The Balaban J connectivity index is 1.51. The summed E-state index contributed by atoms with van der Waals surface area (Å²) in [5, 5.41) is 11.7. The normalized spacial score (nSPS) is 16.1. The molecule has 2 amide bonds. The molecular weight excluding hydrogens is 335 g/mol. The van der Waals surface area contributed by atoms with Gasteiger partial charge in [0.25, 0.3) is 0 Å². The molecule has 0 spiro atoms. The Hall–Kier alpha value is -2.89. The molecule has 0 aromatic heterocycles. The lowest BCUT2D eigenvalue weighted by Crippen LogP contribution is -2.47. The number of likely N-dealkylation sites (tertiary alicyclic amines) is 1. The Morgan fingerprint density at radius 1 is 1.04 bits per heavy atom. The van der Waals surface area contributed by atoms with E-state index >= 15 is 4.39 Å². The summed E-state index contributed by atoms with van der Waals surface area (Å²) in [6.07, 6.45) is 0.551. The third-order valence-electron chi connectivity index (χ3n) is 4.78. The zero-order valence-electron chi connectivity index (χ0n) is 14.3. The molecule has 0 bridgehead atoms. The summed E-state index contributed by atoms with van der Waals surface area (Å²) in [6, 6.07) is 15.2. The lowest BCUT2D eigenvalue weighted by Gasteiger charge is -2.36. The Morgan fingerprint density at radius 2 is 1.65 bits per heavy atom. The number of aromatic carboxylic acids is 1. The van der Waals surface area contributed by atoms with Gasteiger partial charge in [0.15, 0.2) is 0 Å². The second kappa shape index (κ2) is 7.56. The van der Waals surface area contributed by atoms with Crippen LogP contribution >= 0.6 is 0 Å². The highest BCUT2D eigenvalue weighted by Gasteiger charge is 2.37. The van der Waals surface area contributed by atoms with Gasteiger partial charge in [-0.15, -0.1) is 0 Å². The zero-order chi connectivity index (χ0) is 18.6. The SMILES string of the molecule is O=C(O)c1ccc(CNC(=O)N2CCC(F)(c3ccccc3)CC2)cc1. The van der Waals surface area contributed by atoms with Crippen molar-refractivity contribution in [3.8, 4) is 0 Å². The number of nitrogens with zero attached hydrogens (tertiary/aromatic N) is 1. The maximum Gasteiger partial charge on any atom is 0.335 e. The van der Waals surface area contributed by atoms with Crippen molar-refractivity contribution in [2.75, 3.05) is 13.1 Å². The second-order valence-corrected chi connectivity index (χ2v) is 6.48. The zero-order valence-corrected chi connectivity index (χ0v) is 14.3. The summed E-state index contributed by atoms with van der Waals surface area (Å²) in [5.41, 5.74) is 0.296. The molecule has 2 N–H and O–H groups in total. The number of halogens is 1. The first kappa shape index (κ1) is 17.9. The van der Waals surface area contributed by atoms with Crippen LogP contribution in [0.2, 0.25) is 0 Å². The van der Waals surface area contributed by atoms with Crippen molar-refractivity contribution in [2.45, 2.75) is 25.1 Å². The highest BCUT2D eigenvalue weighted by molar-refractivity contribution is 5.87. The molecule has 2 aromatic rings. The highest BCUT2D eigenvalue weighted by Crippen LogP contribution is 2.36. The van der Waals surface area contributed by atoms with Crippen molar-refractivity contribution in [1.29, 1.82) is 0 Å². The Kier molecular flexibility index (Phi) is 5.21. The Morgan fingerprint density at radius 3 is 2.23 bits per heavy atom. The molecule has 1 saturated heterocycles. The van der Waals surface area contributed by atoms with Gasteiger partial charge >= 0.3 is 12.0 Å². The van der Waals surface area contributed by atoms with Gasteiger partial charge in [0.05, 0.1) is 5.56 Å². The number of nitrogens with one attached hydrogen (secondary N) is 1. The molecule has 5 nitrogen and oxygen atoms in total. The molecule has 0 radical (unpaired) electrons. The Bertz CT molecular complexity index is 769. The summed E-state index contributed by atoms with van der Waals surface area (Å²) in [7, 11) is 0. The molecule has 1 aliphatic rings. The van der Waals surface area contributed by atoms with Crippen LogP contribution in [-0.2, 0) is 12.2 Å². The van der Waals surface area contributed by atoms with E-state index < -0.39 is 11.6 Å². The Labute approximate surface area is 151 Å². The molecule has 26 heavy (non-hydrogen) atoms. The predicted octanol–water partition coefficient (Wildman–Crippen LogP) is 3.56. The van der Waals surface area contributed by atoms with Gasteiger partial charge in [-0.05, 0) is 23.3 Å². The maximum atomic E-state index is 15.1. The number of carbonyl (C=O) groups excluding carboxylic acids is 1. The van der Waals surface area contributed by atoms with Gasteiger partial charge in [0, 0.05) is 32.5 Å². The fraction of sp³-hybridized carbons (Fsp3) is 0.300. The number of piperidine rings is 1. The lowest BCUT2D eigenvalue weighted by molar-refractivity contribution is 0.0685. The fourth-order valence-electron chi connectivity index (χ4n) is 3.14. The third-order valence-corrected chi connectivity index (χ3v) is 4.78. The van der Waals surface area contributed by atoms with Gasteiger partial charge < -0.3 is 15.3 Å². The van der Waals surface area contributed by atoms with Gasteiger partial charge in [0.1, 0.15) is 5.67 Å². The number of hydrogen-bond donors (Lipinski definition) is 2. The number of benzene rings is 2. The summed E-state index contributed by atoms with van der Waals surface area (Å²) in [6.45, 7) is 1.01. The summed E-state index contributed by atoms with van der Waals surface area (Å²) < 4.78 is 15.1. The summed E-state index contributed by atoms with van der Waals surface area (Å²) in [4.78, 5) is 24.7. The van der Waals surface area contributed by atoms with Crippen molar-refractivity contribution in [3.05, 3.63) is 71.3 Å². The van der Waals surface area contributed by atoms with E-state index in [1.165, 1.54) is 12.1 Å². The minimum Gasteiger partial charge on any atom is -0.478 e. The predicted molar refractivity (Wildman–Crippen MR) is 95.7 cm³/mol. The first-order valence-corrected chi connectivity index (χ1v) is 8.57. The van der Waals surface area contributed by atoms with Gasteiger partial charge in [-0.25, -0.2) is 14.0 Å². The fourth-order valence-corrected chi connectivity index (χ4v) is 3.14. The van der Waals surface area contributed by atoms with Crippen molar-refractivity contribution in [3.63, 3.8) is 0 Å². The van der Waals surface area contributed by atoms with Crippen LogP contribution in [0.25, 0.3) is 0 Å². The number of urea groups is 1. The minimum atomic E-state index is -1.38. The molecule has 136 valence electrons. The third kappa shape index (κ3) is 4.02. The first-order valence-electron chi connectivity index (χ1n) is 8.57. The van der Waals surface area contributed by atoms with E-state index in [1.807, 2.05) is 18.2 Å². The van der Waals surface area contributed by atoms with Crippen molar-refractivity contribution < 1.29 is 19.1 Å². The van der Waals surface area contributed by atoms with Gasteiger partial charge in [-0.2, -0.15) is 0 Å². The molecule has 6 heteroatoms. The number of carboxylic acid groups (broad SMARTS) is 1. The summed E-state index contributed by atoms with van der Waals surface area (Å²) in [5.74, 6) is -0.984. The molecule has 2 aromatic carbocycles. The van der Waals surface area contributed by atoms with Gasteiger partial charge in [0.2, 0.25) is 0 Å². The van der Waals surface area contributed by atoms with Gasteiger partial charge in [-0.1, -0.05) is 42.5 Å². The molecule has 1 aliphatic heterocycles. The molecule has 0 aliphatic carbocycles. The van der Waals surface area contributed by atoms with Crippen LogP contribution in [-0.4, -0.2) is 35.1 Å². The van der Waals surface area contributed by atoms with Crippen LogP contribution in [0.15, 0.2) is 54.6 Å². The number of carboxylic acids is 1. The topological polar surface area (TPSA) is 69.6 Å². The van der Waals surface area contributed by atoms with E-state index in [0.29, 0.717) is 25.2 Å². The molecule has 3 rings (SSSR count). The van der Waals surface area contributed by atoms with E-state index in [-0.39, 0.29) is 24.4 Å². The number of amides is 2. The molecule has 0 unspecified atom stereocenters. The molecule has 1 fully saturated rings. The maximum absolute atomic E-state index is 15.1. The molecular formula is C20H21FN2O3. The highest BCUT2D eigenvalue weighted by atomic mass is 19.1. The van der Waals surface area contributed by atoms with E-state index in [0.717, 1.165) is 5.56 Å². The number of hydrogen-bond acceptors (Lipinski definition) is 2. The first-order chi connectivity index (χ1) is 12.5. The average molecular weight is 356 g/mol. The number of alkyl halides is 1. The van der Waals surface area contributed by atoms with Gasteiger partial charge in [-0.3, -0.25) is 0 Å². The van der Waals surface area contributed by atoms with Crippen molar-refractivity contribution >= 4 is 12.0 Å². The molecule has 0 saturated carbocycles. The van der Waals surface area contributed by atoms with E-state index in [2.05, 4.69) is 5.32 Å². The standard InChI is InChI=1S/C20H21FN2O3/c21-20(17-4-2-1-3-5-17)10-12-23(13-11-20)19(26)22-14-15-6-8-16(9-7-15)18(24)25/h1-9H,10-14H2,(H,22,26)(H,24,25). The van der Waals surface area contributed by atoms with Crippen LogP contribution in [0.4, 0.5) is 9.18 Å². The monoisotopic (exact) mass is 356 g/mol. The van der Waals surface area contributed by atoms with Crippen LogP contribution < -0.4 is 5.32 Å². The van der Waals surface area contributed by atoms with Crippen LogP contribution in [0.5, 0.6) is 0 Å². The molecule has 1 heterocycles. The second-order valence-electron chi connectivity index (χ2n) is 6.48.